The fraction of sp³-hybridized carbons (Fsp3) is 0.471. The number of hydrogen-bond acceptors (Lipinski definition) is 3. The maximum Gasteiger partial charge on any atom is 0.521 e. The number of carboxylic acid groups (broad SMARTS) is 1. The van der Waals surface area contributed by atoms with Crippen LogP contribution >= 0.6 is 15.9 Å². The largest absolute Gasteiger partial charge is 0.521 e. The SMILES string of the molecule is CC(CC(=O)c1ccc(Br)cc1)C(=O)[N@+]1(C(=O)O)CCCC1C. The van der Waals surface area contributed by atoms with Crippen LogP contribution in [0.5, 0.6) is 0 Å². The summed E-state index contributed by atoms with van der Waals surface area (Å²) < 4.78 is 0.328. The summed E-state index contributed by atoms with van der Waals surface area (Å²) in [4.78, 5) is 36.8. The molecule has 1 saturated heterocycles. The lowest BCUT2D eigenvalue weighted by molar-refractivity contribution is -0.794. The zero-order chi connectivity index (χ0) is 17.2. The second-order valence-electron chi connectivity index (χ2n) is 6.24. The second kappa shape index (κ2) is 6.93. The first-order chi connectivity index (χ1) is 10.8. The molecular weight excluding hydrogens is 362 g/mol. The van der Waals surface area contributed by atoms with Crippen molar-refractivity contribution < 1.29 is 24.0 Å². The van der Waals surface area contributed by atoms with Gasteiger partial charge in [-0.1, -0.05) is 28.1 Å². The first-order valence-electron chi connectivity index (χ1n) is 7.73. The number of quaternary nitrogens is 1. The van der Waals surface area contributed by atoms with Gasteiger partial charge in [-0.05, 0) is 26.0 Å². The number of Topliss-reactive ketones (excluding diaryl/α,β-unsaturated/α-hetero) is 1. The van der Waals surface area contributed by atoms with E-state index in [0.717, 1.165) is 4.47 Å². The van der Waals surface area contributed by atoms with Crippen LogP contribution in [-0.2, 0) is 4.79 Å². The van der Waals surface area contributed by atoms with Gasteiger partial charge in [0.25, 0.3) is 0 Å². The molecule has 124 valence electrons. The van der Waals surface area contributed by atoms with E-state index >= 15 is 0 Å². The van der Waals surface area contributed by atoms with Crippen LogP contribution in [0.2, 0.25) is 0 Å². The minimum Gasteiger partial charge on any atom is -0.435 e. The molecule has 1 aliphatic rings. The predicted octanol–water partition coefficient (Wildman–Crippen LogP) is 3.86. The highest BCUT2D eigenvalue weighted by atomic mass is 79.9. The third-order valence-corrected chi connectivity index (χ3v) is 5.23. The Morgan fingerprint density at radius 2 is 1.91 bits per heavy atom. The highest BCUT2D eigenvalue weighted by Crippen LogP contribution is 2.31. The van der Waals surface area contributed by atoms with Crippen molar-refractivity contribution in [2.75, 3.05) is 6.54 Å². The Morgan fingerprint density at radius 1 is 1.30 bits per heavy atom. The van der Waals surface area contributed by atoms with Crippen LogP contribution in [0, 0.1) is 5.92 Å². The number of rotatable bonds is 4. The van der Waals surface area contributed by atoms with Gasteiger partial charge in [0.1, 0.15) is 6.04 Å². The van der Waals surface area contributed by atoms with Crippen LogP contribution in [0.25, 0.3) is 0 Å². The van der Waals surface area contributed by atoms with Crippen LogP contribution in [-0.4, -0.2) is 40.0 Å². The maximum absolute atomic E-state index is 12.8. The lowest BCUT2D eigenvalue weighted by Gasteiger charge is -2.31. The number of benzene rings is 1. The molecule has 2 amide bonds. The van der Waals surface area contributed by atoms with Crippen molar-refractivity contribution >= 4 is 33.7 Å². The van der Waals surface area contributed by atoms with Crippen molar-refractivity contribution in [3.05, 3.63) is 34.3 Å². The van der Waals surface area contributed by atoms with E-state index in [0.29, 0.717) is 24.9 Å². The Labute approximate surface area is 144 Å². The molecule has 6 heteroatoms. The van der Waals surface area contributed by atoms with E-state index in [4.69, 9.17) is 0 Å². The van der Waals surface area contributed by atoms with Crippen LogP contribution in [0.4, 0.5) is 4.79 Å². The fourth-order valence-corrected chi connectivity index (χ4v) is 3.56. The van der Waals surface area contributed by atoms with Gasteiger partial charge in [0, 0.05) is 29.3 Å². The zero-order valence-corrected chi connectivity index (χ0v) is 14.9. The Bertz CT molecular complexity index is 628. The summed E-state index contributed by atoms with van der Waals surface area (Å²) in [6.07, 6.45) is 0.348. The molecule has 1 heterocycles. The molecule has 1 fully saturated rings. The lowest BCUT2D eigenvalue weighted by atomic mass is 9.97. The van der Waals surface area contributed by atoms with Crippen molar-refractivity contribution in [3.63, 3.8) is 0 Å². The molecule has 23 heavy (non-hydrogen) atoms. The summed E-state index contributed by atoms with van der Waals surface area (Å²) in [5.41, 5.74) is 0.532. The average molecular weight is 383 g/mol. The van der Waals surface area contributed by atoms with Gasteiger partial charge in [-0.2, -0.15) is 9.28 Å². The van der Waals surface area contributed by atoms with Crippen molar-refractivity contribution in [1.29, 1.82) is 0 Å². The van der Waals surface area contributed by atoms with Gasteiger partial charge in [-0.25, -0.2) is 4.79 Å². The maximum atomic E-state index is 12.8. The Kier molecular flexibility index (Phi) is 5.37. The number of ketones is 1. The number of halogens is 1. The standard InChI is InChI=1S/C17H20BrNO4/c1-11(10-15(20)13-5-7-14(18)8-6-13)16(21)19(17(22)23)9-3-4-12(19)2/h5-8,11-12H,3-4,9-10H2,1-2H3/p+1/t11?,12?,19-/m0/s1. The molecule has 1 N–H and O–H groups in total. The molecule has 0 bridgehead atoms. The lowest BCUT2D eigenvalue weighted by Crippen LogP contribution is -2.60. The molecule has 1 aromatic carbocycles. The molecule has 2 unspecified atom stereocenters. The van der Waals surface area contributed by atoms with E-state index in [1.165, 1.54) is 0 Å². The molecule has 1 aliphatic heterocycles. The third-order valence-electron chi connectivity index (χ3n) is 4.70. The summed E-state index contributed by atoms with van der Waals surface area (Å²) in [6.45, 7) is 3.75. The molecule has 5 nitrogen and oxygen atoms in total. The van der Waals surface area contributed by atoms with Gasteiger partial charge in [0.2, 0.25) is 0 Å². The molecule has 0 spiro atoms. The van der Waals surface area contributed by atoms with Gasteiger partial charge in [-0.15, -0.1) is 0 Å². The van der Waals surface area contributed by atoms with E-state index in [9.17, 15) is 19.5 Å². The normalized spacial score (nSPS) is 25.1. The number of imide groups is 1. The third kappa shape index (κ3) is 3.38. The molecule has 0 aromatic heterocycles. The summed E-state index contributed by atoms with van der Waals surface area (Å²) in [5.74, 6) is -1.13. The molecule has 2 rings (SSSR count). The number of carbonyl (C=O) groups excluding carboxylic acids is 2. The first kappa shape index (κ1) is 17.8. The van der Waals surface area contributed by atoms with Crippen LogP contribution in [0.1, 0.15) is 43.5 Å². The fourth-order valence-electron chi connectivity index (χ4n) is 3.30. The Hall–Kier alpha value is -1.53. The number of nitrogens with zero attached hydrogens (tertiary/aromatic N) is 1. The molecule has 0 aliphatic carbocycles. The van der Waals surface area contributed by atoms with Crippen LogP contribution in [0.3, 0.4) is 0 Å². The Morgan fingerprint density at radius 3 is 2.39 bits per heavy atom. The number of likely N-dealkylation sites (tertiary alicyclic amines) is 1. The second-order valence-corrected chi connectivity index (χ2v) is 7.16. The monoisotopic (exact) mass is 382 g/mol. The number of carbonyl (C=O) groups is 3. The highest BCUT2D eigenvalue weighted by Gasteiger charge is 2.54. The van der Waals surface area contributed by atoms with Gasteiger partial charge < -0.3 is 5.11 Å². The van der Waals surface area contributed by atoms with Crippen molar-refractivity contribution in [1.82, 2.24) is 0 Å². The smallest absolute Gasteiger partial charge is 0.435 e. The summed E-state index contributed by atoms with van der Waals surface area (Å²) in [5, 5.41) is 9.60. The minimum atomic E-state index is -1.11. The number of hydrogen-bond donors (Lipinski definition) is 1. The van der Waals surface area contributed by atoms with Gasteiger partial charge >= 0.3 is 12.0 Å². The molecular formula is C17H21BrNO4+. The molecule has 0 saturated carbocycles. The average Bonchev–Trinajstić information content (AvgIpc) is 2.89. The first-order valence-corrected chi connectivity index (χ1v) is 8.52. The van der Waals surface area contributed by atoms with Gasteiger partial charge in [0.05, 0.1) is 12.5 Å². The van der Waals surface area contributed by atoms with E-state index in [2.05, 4.69) is 15.9 Å². The molecule has 3 atom stereocenters. The van der Waals surface area contributed by atoms with Crippen molar-refractivity contribution in [2.24, 2.45) is 5.92 Å². The van der Waals surface area contributed by atoms with Crippen molar-refractivity contribution in [2.45, 2.75) is 39.2 Å². The van der Waals surface area contributed by atoms with Crippen LogP contribution in [0.15, 0.2) is 28.7 Å². The minimum absolute atomic E-state index is 0.0282. The predicted molar refractivity (Wildman–Crippen MR) is 89.1 cm³/mol. The summed E-state index contributed by atoms with van der Waals surface area (Å²) >= 11 is 3.31. The van der Waals surface area contributed by atoms with Gasteiger partial charge in [-0.3, -0.25) is 4.79 Å². The number of amides is 2. The highest BCUT2D eigenvalue weighted by molar-refractivity contribution is 9.10. The quantitative estimate of drug-likeness (QED) is 0.633. The van der Waals surface area contributed by atoms with E-state index in [1.54, 1.807) is 38.1 Å². The van der Waals surface area contributed by atoms with Crippen LogP contribution < -0.4 is 0 Å². The molecule has 1 aromatic rings. The summed E-state index contributed by atoms with van der Waals surface area (Å²) in [6, 6.07) is 6.69. The molecule has 0 radical (unpaired) electrons. The van der Waals surface area contributed by atoms with E-state index in [1.807, 2.05) is 0 Å². The summed E-state index contributed by atoms with van der Waals surface area (Å²) in [7, 11) is 0. The topological polar surface area (TPSA) is 71.4 Å². The van der Waals surface area contributed by atoms with E-state index < -0.39 is 16.5 Å². The zero-order valence-electron chi connectivity index (χ0n) is 13.3. The van der Waals surface area contributed by atoms with E-state index in [-0.39, 0.29) is 24.2 Å². The Balaban J connectivity index is 2.14. The van der Waals surface area contributed by atoms with Gasteiger partial charge in [0.15, 0.2) is 5.78 Å². The van der Waals surface area contributed by atoms with Crippen molar-refractivity contribution in [3.8, 4) is 0 Å².